The maximum atomic E-state index is 12.3. The highest BCUT2D eigenvalue weighted by Crippen LogP contribution is 2.32. The molecule has 1 aromatic heterocycles. The van der Waals surface area contributed by atoms with Crippen molar-refractivity contribution in [3.05, 3.63) is 16.9 Å². The van der Waals surface area contributed by atoms with Crippen molar-refractivity contribution in [1.29, 1.82) is 0 Å². The van der Waals surface area contributed by atoms with Crippen LogP contribution in [0.2, 0.25) is 5.02 Å². The van der Waals surface area contributed by atoms with Gasteiger partial charge in [-0.25, -0.2) is 0 Å². The number of alkyl halides is 4. The summed E-state index contributed by atoms with van der Waals surface area (Å²) >= 11 is 10.6. The van der Waals surface area contributed by atoms with Gasteiger partial charge in [-0.1, -0.05) is 11.6 Å². The van der Waals surface area contributed by atoms with E-state index in [0.29, 0.717) is 0 Å². The number of nitrogens with one attached hydrogen (secondary N) is 1. The number of carbonyl (C=O) groups is 1. The Hall–Kier alpha value is -0.950. The molecule has 0 radical (unpaired) electrons. The summed E-state index contributed by atoms with van der Waals surface area (Å²) in [5.74, 6) is -0.603. The molecule has 1 heterocycles. The third-order valence-corrected chi connectivity index (χ3v) is 2.29. The van der Waals surface area contributed by atoms with Crippen molar-refractivity contribution in [2.75, 3.05) is 12.4 Å². The zero-order valence-corrected chi connectivity index (χ0v) is 9.90. The normalized spacial score (nSPS) is 11.6. The molecule has 0 spiro atoms. The van der Waals surface area contributed by atoms with Crippen molar-refractivity contribution >= 4 is 29.1 Å². The van der Waals surface area contributed by atoms with Crippen molar-refractivity contribution in [2.45, 2.75) is 12.7 Å². The average molecular weight is 290 g/mol. The molecule has 1 rings (SSSR count). The topological polar surface area (TPSA) is 46.9 Å². The van der Waals surface area contributed by atoms with E-state index in [0.717, 1.165) is 10.9 Å². The molecule has 4 nitrogen and oxygen atoms in total. The Morgan fingerprint density at radius 1 is 1.53 bits per heavy atom. The standard InChI is InChI=1S/C8H8Cl2F3N3O/c9-3-6(17)14-1-2-16-4-5(10)7(15-16)8(11,12)13/h4H,1-3H2,(H,14,17). The van der Waals surface area contributed by atoms with Gasteiger partial charge in [0.2, 0.25) is 5.91 Å². The second-order valence-electron chi connectivity index (χ2n) is 3.07. The Balaban J connectivity index is 2.59. The number of aromatic nitrogens is 2. The third-order valence-electron chi connectivity index (χ3n) is 1.77. The predicted molar refractivity (Wildman–Crippen MR) is 56.0 cm³/mol. The van der Waals surface area contributed by atoms with Crippen LogP contribution in [0.4, 0.5) is 13.2 Å². The van der Waals surface area contributed by atoms with E-state index < -0.39 is 22.8 Å². The molecule has 0 fully saturated rings. The van der Waals surface area contributed by atoms with E-state index in [1.807, 2.05) is 0 Å². The summed E-state index contributed by atoms with van der Waals surface area (Å²) < 4.78 is 38.0. The molecule has 17 heavy (non-hydrogen) atoms. The molecule has 0 unspecified atom stereocenters. The molecule has 1 N–H and O–H groups in total. The highest BCUT2D eigenvalue weighted by atomic mass is 35.5. The first-order valence-electron chi connectivity index (χ1n) is 4.47. The fourth-order valence-corrected chi connectivity index (χ4v) is 1.41. The van der Waals surface area contributed by atoms with Crippen LogP contribution in [-0.4, -0.2) is 28.1 Å². The van der Waals surface area contributed by atoms with Crippen LogP contribution in [0.15, 0.2) is 6.20 Å². The van der Waals surface area contributed by atoms with Crippen LogP contribution in [0.5, 0.6) is 0 Å². The van der Waals surface area contributed by atoms with E-state index in [1.54, 1.807) is 0 Å². The zero-order chi connectivity index (χ0) is 13.1. The Morgan fingerprint density at radius 2 is 2.18 bits per heavy atom. The maximum Gasteiger partial charge on any atom is 0.436 e. The maximum absolute atomic E-state index is 12.3. The van der Waals surface area contributed by atoms with Gasteiger partial charge in [0.15, 0.2) is 5.69 Å². The Bertz CT molecular complexity index is 405. The molecule has 0 saturated carbocycles. The number of hydrogen-bond donors (Lipinski definition) is 1. The molecule has 0 saturated heterocycles. The molecule has 0 bridgehead atoms. The number of hydrogen-bond acceptors (Lipinski definition) is 2. The average Bonchev–Trinajstić information content (AvgIpc) is 2.59. The van der Waals surface area contributed by atoms with Gasteiger partial charge in [0.25, 0.3) is 0 Å². The van der Waals surface area contributed by atoms with Crippen LogP contribution in [0, 0.1) is 0 Å². The van der Waals surface area contributed by atoms with Crippen LogP contribution in [0.1, 0.15) is 5.69 Å². The van der Waals surface area contributed by atoms with Gasteiger partial charge in [-0.2, -0.15) is 18.3 Å². The molecule has 1 aromatic rings. The summed E-state index contributed by atoms with van der Waals surface area (Å²) in [5, 5.41) is 5.20. The molecule has 96 valence electrons. The van der Waals surface area contributed by atoms with Crippen molar-refractivity contribution < 1.29 is 18.0 Å². The Morgan fingerprint density at radius 3 is 2.65 bits per heavy atom. The van der Waals surface area contributed by atoms with Crippen LogP contribution in [0.3, 0.4) is 0 Å². The molecule has 0 aliphatic carbocycles. The first-order chi connectivity index (χ1) is 7.84. The van der Waals surface area contributed by atoms with Crippen molar-refractivity contribution in [3.63, 3.8) is 0 Å². The minimum atomic E-state index is -4.58. The van der Waals surface area contributed by atoms with Gasteiger partial charge in [-0.15, -0.1) is 11.6 Å². The molecule has 0 atom stereocenters. The number of carbonyl (C=O) groups excluding carboxylic acids is 1. The molecule has 0 aliphatic rings. The minimum Gasteiger partial charge on any atom is -0.353 e. The van der Waals surface area contributed by atoms with Gasteiger partial charge in [-0.3, -0.25) is 9.48 Å². The lowest BCUT2D eigenvalue weighted by Crippen LogP contribution is -2.28. The van der Waals surface area contributed by atoms with E-state index in [9.17, 15) is 18.0 Å². The summed E-state index contributed by atoms with van der Waals surface area (Å²) in [6, 6.07) is 0. The lowest BCUT2D eigenvalue weighted by atomic mass is 10.4. The van der Waals surface area contributed by atoms with E-state index in [4.69, 9.17) is 23.2 Å². The summed E-state index contributed by atoms with van der Waals surface area (Å²) in [6.07, 6.45) is -3.53. The summed E-state index contributed by atoms with van der Waals surface area (Å²) in [4.78, 5) is 10.8. The number of halogens is 5. The number of rotatable bonds is 4. The van der Waals surface area contributed by atoms with Gasteiger partial charge in [0, 0.05) is 12.7 Å². The van der Waals surface area contributed by atoms with Gasteiger partial charge < -0.3 is 5.32 Å². The van der Waals surface area contributed by atoms with Gasteiger partial charge in [0.1, 0.15) is 5.88 Å². The van der Waals surface area contributed by atoms with Gasteiger partial charge in [-0.05, 0) is 0 Å². The minimum absolute atomic E-state index is 0.0818. The first-order valence-corrected chi connectivity index (χ1v) is 5.38. The quantitative estimate of drug-likeness (QED) is 0.861. The third kappa shape index (κ3) is 4.08. The summed E-state index contributed by atoms with van der Waals surface area (Å²) in [7, 11) is 0. The van der Waals surface area contributed by atoms with E-state index in [-0.39, 0.29) is 19.0 Å². The fourth-order valence-electron chi connectivity index (χ4n) is 1.06. The van der Waals surface area contributed by atoms with Crippen molar-refractivity contribution in [1.82, 2.24) is 15.1 Å². The molecular weight excluding hydrogens is 282 g/mol. The van der Waals surface area contributed by atoms with E-state index in [2.05, 4.69) is 10.4 Å². The predicted octanol–water partition coefficient (Wildman–Crippen LogP) is 1.91. The molecule has 1 amide bonds. The van der Waals surface area contributed by atoms with E-state index in [1.165, 1.54) is 0 Å². The van der Waals surface area contributed by atoms with Crippen LogP contribution >= 0.6 is 23.2 Å². The van der Waals surface area contributed by atoms with Crippen LogP contribution < -0.4 is 5.32 Å². The highest BCUT2D eigenvalue weighted by molar-refractivity contribution is 6.31. The lowest BCUT2D eigenvalue weighted by molar-refractivity contribution is -0.141. The SMILES string of the molecule is O=C(CCl)NCCn1cc(Cl)c(C(F)(F)F)n1. The lowest BCUT2D eigenvalue weighted by Gasteiger charge is -2.04. The fraction of sp³-hybridized carbons (Fsp3) is 0.500. The monoisotopic (exact) mass is 289 g/mol. The molecule has 9 heteroatoms. The smallest absolute Gasteiger partial charge is 0.353 e. The largest absolute Gasteiger partial charge is 0.436 e. The first kappa shape index (κ1) is 14.1. The zero-order valence-electron chi connectivity index (χ0n) is 8.39. The second-order valence-corrected chi connectivity index (χ2v) is 3.74. The summed E-state index contributed by atoms with van der Waals surface area (Å²) in [6.45, 7) is 0.208. The van der Waals surface area contributed by atoms with Gasteiger partial charge >= 0.3 is 6.18 Å². The molecular formula is C8H8Cl2F3N3O. The van der Waals surface area contributed by atoms with E-state index >= 15 is 0 Å². The Kier molecular flexibility index (Phi) is 4.64. The Labute approximate surface area is 105 Å². The van der Waals surface area contributed by atoms with Crippen LogP contribution in [0.25, 0.3) is 0 Å². The van der Waals surface area contributed by atoms with Crippen LogP contribution in [-0.2, 0) is 17.5 Å². The summed E-state index contributed by atoms with van der Waals surface area (Å²) in [5.41, 5.74) is -1.14. The second kappa shape index (κ2) is 5.59. The number of nitrogens with zero attached hydrogens (tertiary/aromatic N) is 2. The molecule has 0 aliphatic heterocycles. The van der Waals surface area contributed by atoms with Crippen molar-refractivity contribution in [3.8, 4) is 0 Å². The van der Waals surface area contributed by atoms with Crippen molar-refractivity contribution in [2.24, 2.45) is 0 Å². The highest BCUT2D eigenvalue weighted by Gasteiger charge is 2.36. The van der Waals surface area contributed by atoms with Gasteiger partial charge in [0.05, 0.1) is 11.6 Å². The number of amides is 1. The molecule has 0 aromatic carbocycles.